The molecule has 24 heteroatoms. The number of hydrogen-bond donors (Lipinski definition) is 8. The fourth-order valence-corrected chi connectivity index (χ4v) is 3.77. The van der Waals surface area contributed by atoms with Crippen molar-refractivity contribution in [3.8, 4) is 0 Å². The number of anilines is 8. The zero-order valence-electron chi connectivity index (χ0n) is 23.8. The smallest absolute Gasteiger partial charge is 0.225 e. The van der Waals surface area contributed by atoms with Crippen LogP contribution in [0.3, 0.4) is 0 Å². The zero-order chi connectivity index (χ0) is 32.4. The number of rotatable bonds is 16. The molecule has 0 radical (unpaired) electrons. The van der Waals surface area contributed by atoms with Gasteiger partial charge in [0.05, 0.1) is 31.8 Å². The molecule has 0 aliphatic heterocycles. The van der Waals surface area contributed by atoms with Crippen LogP contribution >= 0.6 is 0 Å². The lowest BCUT2D eigenvalue weighted by molar-refractivity contribution is -0.119. The number of nitrogens with zero attached hydrogens (tertiary/aromatic N) is 12. The summed E-state index contributed by atoms with van der Waals surface area (Å²) in [7, 11) is 0. The second-order valence-electron chi connectivity index (χ2n) is 9.34. The molecule has 4 rings (SSSR count). The third-order valence-electron chi connectivity index (χ3n) is 5.42. The predicted molar refractivity (Wildman–Crippen MR) is 156 cm³/mol. The van der Waals surface area contributed by atoms with Crippen LogP contribution in [0.25, 0.3) is 0 Å². The molecule has 240 valence electrons. The first-order valence-corrected chi connectivity index (χ1v) is 12.8. The van der Waals surface area contributed by atoms with E-state index in [1.54, 1.807) is 0 Å². The van der Waals surface area contributed by atoms with Gasteiger partial charge in [-0.1, -0.05) is 0 Å². The molecule has 0 bridgehead atoms. The van der Waals surface area contributed by atoms with Gasteiger partial charge in [0.2, 0.25) is 47.6 Å². The van der Waals surface area contributed by atoms with Crippen LogP contribution in [0.2, 0.25) is 0 Å². The van der Waals surface area contributed by atoms with Crippen LogP contribution in [-0.2, 0) is 45.4 Å². The molecular formula is C21H32N20O4. The fourth-order valence-electron chi connectivity index (χ4n) is 3.77. The van der Waals surface area contributed by atoms with Gasteiger partial charge in [-0.15, -0.1) is 0 Å². The van der Waals surface area contributed by atoms with Crippen LogP contribution in [0, 0.1) is 5.41 Å². The summed E-state index contributed by atoms with van der Waals surface area (Å²) in [6, 6.07) is 0. The van der Waals surface area contributed by atoms with E-state index in [0.29, 0.717) is 0 Å². The van der Waals surface area contributed by atoms with Gasteiger partial charge < -0.3 is 64.8 Å². The maximum Gasteiger partial charge on any atom is 0.225 e. The summed E-state index contributed by atoms with van der Waals surface area (Å²) >= 11 is 0. The standard InChI is InChI=1S/C21H32N20O4/c22-13-30-9(31-14(23)38-13)1-42-5-21(6-43-2-10-32-15(24)39-16(25)33-10,7-44-3-11-34-17(26)40-18(27)35-11)8-45-4-12-36-19(28)41-20(29)37-12/h1-8H2,(H4,22,23,30,31,38)(H4,24,25,32,33,39)(H4,26,27,34,35,40)(H4,28,29,36,37,41). The SMILES string of the molecule is Nc1nc(N)nc(COCC(COCc2nc(N)nc(N)n2)(COCc2nc(N)nc(N)n2)COCc2nc(N)nc(N)n2)n1. The Morgan fingerprint density at radius 1 is 0.311 bits per heavy atom. The van der Waals surface area contributed by atoms with Crippen molar-refractivity contribution in [2.45, 2.75) is 26.4 Å². The molecular weight excluding hydrogens is 596 g/mol. The number of ether oxygens (including phenoxy) is 4. The molecule has 0 aromatic carbocycles. The van der Waals surface area contributed by atoms with Gasteiger partial charge in [0.15, 0.2) is 23.3 Å². The maximum atomic E-state index is 5.97. The highest BCUT2D eigenvalue weighted by Crippen LogP contribution is 2.23. The minimum atomic E-state index is -1.04. The Labute approximate surface area is 254 Å². The highest BCUT2D eigenvalue weighted by molar-refractivity contribution is 5.27. The second-order valence-corrected chi connectivity index (χ2v) is 9.34. The summed E-state index contributed by atoms with van der Waals surface area (Å²) in [5, 5.41) is 0. The van der Waals surface area contributed by atoms with E-state index < -0.39 is 5.41 Å². The molecule has 0 spiro atoms. The van der Waals surface area contributed by atoms with E-state index in [1.807, 2.05) is 0 Å². The Bertz CT molecular complexity index is 1280. The largest absolute Gasteiger partial charge is 0.373 e. The van der Waals surface area contributed by atoms with Gasteiger partial charge >= 0.3 is 0 Å². The summed E-state index contributed by atoms with van der Waals surface area (Å²) in [6.45, 7) is -0.543. The quantitative estimate of drug-likeness (QED) is 0.0590. The molecule has 24 nitrogen and oxygen atoms in total. The van der Waals surface area contributed by atoms with Gasteiger partial charge in [0.25, 0.3) is 0 Å². The average molecular weight is 629 g/mol. The summed E-state index contributed by atoms with van der Waals surface area (Å²) in [5.74, 6) is 0.260. The van der Waals surface area contributed by atoms with Crippen LogP contribution in [0.4, 0.5) is 47.6 Å². The Morgan fingerprint density at radius 3 is 0.667 bits per heavy atom. The van der Waals surface area contributed by atoms with Gasteiger partial charge in [-0.05, 0) is 0 Å². The molecule has 0 aliphatic rings. The monoisotopic (exact) mass is 628 g/mol. The fraction of sp³-hybridized carbons (Fsp3) is 0.429. The van der Waals surface area contributed by atoms with Crippen LogP contribution in [-0.4, -0.2) is 86.2 Å². The summed E-state index contributed by atoms with van der Waals surface area (Å²) < 4.78 is 23.9. The van der Waals surface area contributed by atoms with E-state index >= 15 is 0 Å². The first-order chi connectivity index (χ1) is 21.5. The van der Waals surface area contributed by atoms with Crippen molar-refractivity contribution in [2.24, 2.45) is 5.41 Å². The lowest BCUT2D eigenvalue weighted by Crippen LogP contribution is -2.42. The molecule has 45 heavy (non-hydrogen) atoms. The Balaban J connectivity index is 1.54. The topological polar surface area (TPSA) is 400 Å². The normalized spacial score (nSPS) is 11.6. The minimum absolute atomic E-state index is 0.0388. The number of nitrogens with two attached hydrogens (primary N) is 8. The van der Waals surface area contributed by atoms with E-state index in [4.69, 9.17) is 64.8 Å². The molecule has 0 saturated carbocycles. The van der Waals surface area contributed by atoms with Crippen molar-refractivity contribution in [2.75, 3.05) is 72.3 Å². The summed E-state index contributed by atoms with van der Waals surface area (Å²) in [6.07, 6.45) is 0. The van der Waals surface area contributed by atoms with Crippen LogP contribution in [0.1, 0.15) is 23.3 Å². The maximum absolute atomic E-state index is 5.97. The van der Waals surface area contributed by atoms with Gasteiger partial charge in [-0.25, -0.2) is 0 Å². The van der Waals surface area contributed by atoms with Crippen molar-refractivity contribution in [3.05, 3.63) is 23.3 Å². The van der Waals surface area contributed by atoms with E-state index in [0.717, 1.165) is 0 Å². The number of hydrogen-bond acceptors (Lipinski definition) is 24. The molecule has 16 N–H and O–H groups in total. The zero-order valence-corrected chi connectivity index (χ0v) is 23.8. The Kier molecular flexibility index (Phi) is 10.5. The van der Waals surface area contributed by atoms with Crippen molar-refractivity contribution < 1.29 is 18.9 Å². The van der Waals surface area contributed by atoms with Crippen molar-refractivity contribution in [3.63, 3.8) is 0 Å². The first kappa shape index (κ1) is 32.2. The molecule has 0 atom stereocenters. The summed E-state index contributed by atoms with van der Waals surface area (Å²) in [4.78, 5) is 47.2. The van der Waals surface area contributed by atoms with E-state index in [2.05, 4.69) is 59.8 Å². The first-order valence-electron chi connectivity index (χ1n) is 12.8. The lowest BCUT2D eigenvalue weighted by Gasteiger charge is -2.32. The van der Waals surface area contributed by atoms with Gasteiger partial charge in [0.1, 0.15) is 26.4 Å². The second kappa shape index (κ2) is 14.6. The van der Waals surface area contributed by atoms with Gasteiger partial charge in [-0.3, -0.25) is 0 Å². The van der Waals surface area contributed by atoms with E-state index in [9.17, 15) is 0 Å². The molecule has 0 saturated heterocycles. The highest BCUT2D eigenvalue weighted by Gasteiger charge is 2.33. The molecule has 4 aromatic heterocycles. The molecule has 0 unspecified atom stereocenters. The molecule has 0 amide bonds. The highest BCUT2D eigenvalue weighted by atomic mass is 16.5. The van der Waals surface area contributed by atoms with Crippen LogP contribution in [0.5, 0.6) is 0 Å². The minimum Gasteiger partial charge on any atom is -0.373 e. The van der Waals surface area contributed by atoms with E-state index in [-0.39, 0.29) is 124 Å². The third-order valence-corrected chi connectivity index (χ3v) is 5.42. The Hall–Kier alpha value is -5.72. The van der Waals surface area contributed by atoms with E-state index in [1.165, 1.54) is 0 Å². The Morgan fingerprint density at radius 2 is 0.489 bits per heavy atom. The van der Waals surface area contributed by atoms with Crippen LogP contribution < -0.4 is 45.9 Å². The number of nitrogen functional groups attached to an aromatic ring is 8. The molecule has 4 aromatic rings. The average Bonchev–Trinajstić information content (AvgIpc) is 2.91. The van der Waals surface area contributed by atoms with Crippen molar-refractivity contribution in [1.82, 2.24) is 59.8 Å². The predicted octanol–water partition coefficient (Wildman–Crippen LogP) is -3.76. The molecule has 0 fully saturated rings. The van der Waals surface area contributed by atoms with Crippen LogP contribution in [0.15, 0.2) is 0 Å². The number of aromatic nitrogens is 12. The molecule has 0 aliphatic carbocycles. The van der Waals surface area contributed by atoms with Crippen molar-refractivity contribution >= 4 is 47.6 Å². The third kappa shape index (κ3) is 10.2. The molecule has 4 heterocycles. The van der Waals surface area contributed by atoms with Gasteiger partial charge in [-0.2, -0.15) is 59.8 Å². The van der Waals surface area contributed by atoms with Gasteiger partial charge in [0, 0.05) is 0 Å². The lowest BCUT2D eigenvalue weighted by atomic mass is 9.92. The van der Waals surface area contributed by atoms with Crippen molar-refractivity contribution in [1.29, 1.82) is 0 Å². The summed E-state index contributed by atoms with van der Waals surface area (Å²) in [5.41, 5.74) is 44.4.